The third-order valence-electron chi connectivity index (χ3n) is 5.31. The zero-order valence-electron chi connectivity index (χ0n) is 16.4. The molecule has 1 aromatic carbocycles. The summed E-state index contributed by atoms with van der Waals surface area (Å²) in [6, 6.07) is 16.6. The van der Waals surface area contributed by atoms with Crippen LogP contribution in [-0.2, 0) is 13.1 Å². The second-order valence-electron chi connectivity index (χ2n) is 7.31. The Labute approximate surface area is 175 Å². The molecule has 0 aliphatic carbocycles. The summed E-state index contributed by atoms with van der Waals surface area (Å²) in [5.74, 6) is -0.0584. The fourth-order valence-electron chi connectivity index (χ4n) is 3.61. The zero-order chi connectivity index (χ0) is 19.9. The van der Waals surface area contributed by atoms with Crippen LogP contribution in [0.2, 0.25) is 0 Å². The molecule has 1 saturated heterocycles. The number of carbonyl (C=O) groups excluding carboxylic acids is 1. The minimum absolute atomic E-state index is 0.0584. The largest absolute Gasteiger partial charge is 0.371 e. The number of benzene rings is 1. The SMILES string of the molecule is O=C(NCc1cccnc1)c1ccc(N2CCC(NCc3cccs3)CC2)cc1. The highest BCUT2D eigenvalue weighted by Gasteiger charge is 2.19. The molecule has 3 aromatic rings. The lowest BCUT2D eigenvalue weighted by atomic mass is 10.0. The molecule has 1 amide bonds. The highest BCUT2D eigenvalue weighted by molar-refractivity contribution is 7.09. The summed E-state index contributed by atoms with van der Waals surface area (Å²) in [6.45, 7) is 3.52. The van der Waals surface area contributed by atoms with Gasteiger partial charge in [0.1, 0.15) is 0 Å². The van der Waals surface area contributed by atoms with E-state index in [9.17, 15) is 4.79 Å². The Kier molecular flexibility index (Phi) is 6.54. The van der Waals surface area contributed by atoms with Gasteiger partial charge in [0, 0.05) is 60.7 Å². The summed E-state index contributed by atoms with van der Waals surface area (Å²) in [7, 11) is 0. The van der Waals surface area contributed by atoms with E-state index in [-0.39, 0.29) is 5.91 Å². The Balaban J connectivity index is 1.24. The highest BCUT2D eigenvalue weighted by Crippen LogP contribution is 2.21. The first-order chi connectivity index (χ1) is 14.3. The second-order valence-corrected chi connectivity index (χ2v) is 8.34. The average molecular weight is 407 g/mol. The highest BCUT2D eigenvalue weighted by atomic mass is 32.1. The molecule has 1 aliphatic rings. The first-order valence-corrected chi connectivity index (χ1v) is 10.9. The number of hydrogen-bond acceptors (Lipinski definition) is 5. The van der Waals surface area contributed by atoms with Crippen molar-refractivity contribution in [1.29, 1.82) is 0 Å². The third-order valence-corrected chi connectivity index (χ3v) is 6.19. The fourth-order valence-corrected chi connectivity index (χ4v) is 4.27. The number of nitrogens with zero attached hydrogens (tertiary/aromatic N) is 2. The van der Waals surface area contributed by atoms with Gasteiger partial charge >= 0.3 is 0 Å². The molecular weight excluding hydrogens is 380 g/mol. The summed E-state index contributed by atoms with van der Waals surface area (Å²) in [4.78, 5) is 20.2. The number of amides is 1. The smallest absolute Gasteiger partial charge is 0.251 e. The molecule has 0 spiro atoms. The summed E-state index contributed by atoms with van der Waals surface area (Å²) in [6.07, 6.45) is 5.77. The number of nitrogens with one attached hydrogen (secondary N) is 2. The van der Waals surface area contributed by atoms with Crippen molar-refractivity contribution in [2.24, 2.45) is 0 Å². The average Bonchev–Trinajstić information content (AvgIpc) is 3.31. The summed E-state index contributed by atoms with van der Waals surface area (Å²) in [5.41, 5.74) is 2.86. The first-order valence-electron chi connectivity index (χ1n) is 10.1. The number of carbonyl (C=O) groups is 1. The van der Waals surface area contributed by atoms with E-state index >= 15 is 0 Å². The molecule has 3 heterocycles. The van der Waals surface area contributed by atoms with Crippen molar-refractivity contribution in [3.05, 3.63) is 82.3 Å². The zero-order valence-corrected chi connectivity index (χ0v) is 17.2. The summed E-state index contributed by atoms with van der Waals surface area (Å²) >= 11 is 1.81. The lowest BCUT2D eigenvalue weighted by Crippen LogP contribution is -2.42. The van der Waals surface area contributed by atoms with Crippen molar-refractivity contribution >= 4 is 22.9 Å². The molecule has 1 fully saturated rings. The van der Waals surface area contributed by atoms with E-state index in [1.54, 1.807) is 23.7 Å². The maximum atomic E-state index is 12.4. The Morgan fingerprint density at radius 3 is 2.59 bits per heavy atom. The number of thiophene rings is 1. The number of aromatic nitrogens is 1. The van der Waals surface area contributed by atoms with Gasteiger partial charge in [0.05, 0.1) is 0 Å². The van der Waals surface area contributed by atoms with Gasteiger partial charge in [-0.1, -0.05) is 12.1 Å². The van der Waals surface area contributed by atoms with Gasteiger partial charge in [-0.15, -0.1) is 11.3 Å². The quantitative estimate of drug-likeness (QED) is 0.626. The van der Waals surface area contributed by atoms with Gasteiger partial charge in [-0.25, -0.2) is 0 Å². The van der Waals surface area contributed by atoms with Crippen molar-refractivity contribution in [3.63, 3.8) is 0 Å². The van der Waals surface area contributed by atoms with Crippen LogP contribution in [0.15, 0.2) is 66.3 Å². The molecule has 2 aromatic heterocycles. The third kappa shape index (κ3) is 5.43. The van der Waals surface area contributed by atoms with Crippen molar-refractivity contribution in [2.45, 2.75) is 32.0 Å². The van der Waals surface area contributed by atoms with Crippen LogP contribution in [0.3, 0.4) is 0 Å². The molecule has 0 saturated carbocycles. The Bertz CT molecular complexity index is 888. The van der Waals surface area contributed by atoms with Crippen LogP contribution in [-0.4, -0.2) is 30.0 Å². The molecule has 6 heteroatoms. The molecule has 0 atom stereocenters. The standard InChI is InChI=1S/C23H26N4OS/c28-23(26-16-18-3-1-11-24-15-18)19-5-7-21(8-6-19)27-12-9-20(10-13-27)25-17-22-4-2-14-29-22/h1-8,11,14-15,20,25H,9-10,12-13,16-17H2,(H,26,28). The molecule has 0 radical (unpaired) electrons. The number of rotatable bonds is 7. The van der Waals surface area contributed by atoms with Crippen molar-refractivity contribution in [3.8, 4) is 0 Å². The minimum Gasteiger partial charge on any atom is -0.371 e. The Hall–Kier alpha value is -2.70. The molecule has 29 heavy (non-hydrogen) atoms. The van der Waals surface area contributed by atoms with Crippen LogP contribution in [0.25, 0.3) is 0 Å². The topological polar surface area (TPSA) is 57.3 Å². The van der Waals surface area contributed by atoms with Gasteiger partial charge in [-0.2, -0.15) is 0 Å². The van der Waals surface area contributed by atoms with Crippen LogP contribution < -0.4 is 15.5 Å². The van der Waals surface area contributed by atoms with Crippen molar-refractivity contribution in [1.82, 2.24) is 15.6 Å². The summed E-state index contributed by atoms with van der Waals surface area (Å²) < 4.78 is 0. The lowest BCUT2D eigenvalue weighted by Gasteiger charge is -2.34. The fraction of sp³-hybridized carbons (Fsp3) is 0.304. The van der Waals surface area contributed by atoms with Gasteiger partial charge in [-0.3, -0.25) is 9.78 Å². The second kappa shape index (κ2) is 9.67. The van der Waals surface area contributed by atoms with Gasteiger partial charge in [0.25, 0.3) is 5.91 Å². The predicted molar refractivity (Wildman–Crippen MR) is 118 cm³/mol. The van der Waals surface area contributed by atoms with E-state index < -0.39 is 0 Å². The number of hydrogen-bond donors (Lipinski definition) is 2. The number of pyridine rings is 1. The van der Waals surface area contributed by atoms with E-state index in [4.69, 9.17) is 0 Å². The van der Waals surface area contributed by atoms with E-state index in [1.807, 2.05) is 24.3 Å². The normalized spacial score (nSPS) is 14.7. The molecule has 5 nitrogen and oxygen atoms in total. The maximum absolute atomic E-state index is 12.4. The molecule has 4 rings (SSSR count). The van der Waals surface area contributed by atoms with E-state index in [2.05, 4.69) is 50.2 Å². The first kappa shape index (κ1) is 19.6. The Morgan fingerprint density at radius 1 is 1.07 bits per heavy atom. The predicted octanol–water partition coefficient (Wildman–Crippen LogP) is 3.83. The van der Waals surface area contributed by atoms with E-state index in [0.717, 1.165) is 38.0 Å². The molecule has 2 N–H and O–H groups in total. The number of anilines is 1. The lowest BCUT2D eigenvalue weighted by molar-refractivity contribution is 0.0951. The van der Waals surface area contributed by atoms with Crippen molar-refractivity contribution < 1.29 is 4.79 Å². The van der Waals surface area contributed by atoms with Crippen molar-refractivity contribution in [2.75, 3.05) is 18.0 Å². The van der Waals surface area contributed by atoms with Gasteiger partial charge in [-0.05, 0) is 60.2 Å². The van der Waals surface area contributed by atoms with Crippen LogP contribution in [0.1, 0.15) is 33.6 Å². The summed E-state index contributed by atoms with van der Waals surface area (Å²) in [5, 5.41) is 8.75. The van der Waals surface area contributed by atoms with E-state index in [0.29, 0.717) is 18.2 Å². The number of piperidine rings is 1. The van der Waals surface area contributed by atoms with Gasteiger partial charge in [0.15, 0.2) is 0 Å². The Morgan fingerprint density at radius 2 is 1.90 bits per heavy atom. The molecule has 1 aliphatic heterocycles. The molecule has 150 valence electrons. The van der Waals surface area contributed by atoms with E-state index in [1.165, 1.54) is 10.6 Å². The minimum atomic E-state index is -0.0584. The van der Waals surface area contributed by atoms with Crippen LogP contribution in [0.5, 0.6) is 0 Å². The van der Waals surface area contributed by atoms with Gasteiger partial charge in [0.2, 0.25) is 0 Å². The van der Waals surface area contributed by atoms with Crippen LogP contribution >= 0.6 is 11.3 Å². The van der Waals surface area contributed by atoms with Crippen LogP contribution in [0, 0.1) is 0 Å². The van der Waals surface area contributed by atoms with Gasteiger partial charge < -0.3 is 15.5 Å². The molecule has 0 unspecified atom stereocenters. The molecular formula is C23H26N4OS. The maximum Gasteiger partial charge on any atom is 0.251 e. The van der Waals surface area contributed by atoms with Crippen LogP contribution in [0.4, 0.5) is 5.69 Å². The molecule has 0 bridgehead atoms. The monoisotopic (exact) mass is 406 g/mol.